The number of carbonyl (C=O) groups excluding carboxylic acids is 2. The highest BCUT2D eigenvalue weighted by atomic mass is 32.2. The first-order valence-electron chi connectivity index (χ1n) is 7.54. The standard InChI is InChI=1S/C16H19N3O2S3/c1-3-22-15-18-19-16(24-15)23-10-14(21)13-6-4-12(5-7-13)8-9-17-11(2)20/h4-7H,3,8-10H2,1-2H3,(H,17,20). The maximum absolute atomic E-state index is 12.2. The van der Waals surface area contributed by atoms with Crippen LogP contribution in [0.1, 0.15) is 29.8 Å². The first-order chi connectivity index (χ1) is 11.6. The molecule has 8 heteroatoms. The number of hydrogen-bond donors (Lipinski definition) is 1. The summed E-state index contributed by atoms with van der Waals surface area (Å²) in [5, 5.41) is 10.9. The third-order valence-corrected chi connectivity index (χ3v) is 6.12. The van der Waals surface area contributed by atoms with E-state index in [4.69, 9.17) is 0 Å². The van der Waals surface area contributed by atoms with E-state index in [9.17, 15) is 9.59 Å². The van der Waals surface area contributed by atoms with Gasteiger partial charge in [0, 0.05) is 19.0 Å². The summed E-state index contributed by atoms with van der Waals surface area (Å²) in [6.07, 6.45) is 0.755. The number of benzene rings is 1. The zero-order chi connectivity index (χ0) is 17.4. The van der Waals surface area contributed by atoms with Crippen molar-refractivity contribution in [3.63, 3.8) is 0 Å². The van der Waals surface area contributed by atoms with Gasteiger partial charge in [0.1, 0.15) is 0 Å². The number of hydrogen-bond acceptors (Lipinski definition) is 7. The minimum atomic E-state index is -0.0315. The van der Waals surface area contributed by atoms with Gasteiger partial charge in [0.05, 0.1) is 5.75 Å². The molecule has 0 spiro atoms. The second-order valence-corrected chi connectivity index (χ2v) is 8.62. The topological polar surface area (TPSA) is 72.0 Å². The monoisotopic (exact) mass is 381 g/mol. The van der Waals surface area contributed by atoms with Crippen LogP contribution in [0.15, 0.2) is 32.9 Å². The third-order valence-electron chi connectivity index (χ3n) is 3.05. The van der Waals surface area contributed by atoms with Crippen molar-refractivity contribution in [3.05, 3.63) is 35.4 Å². The molecule has 1 amide bonds. The highest BCUT2D eigenvalue weighted by Crippen LogP contribution is 2.28. The van der Waals surface area contributed by atoms with Gasteiger partial charge in [-0.3, -0.25) is 9.59 Å². The Morgan fingerprint density at radius 1 is 1.12 bits per heavy atom. The Morgan fingerprint density at radius 2 is 1.79 bits per heavy atom. The van der Waals surface area contributed by atoms with Crippen LogP contribution in [0.5, 0.6) is 0 Å². The summed E-state index contributed by atoms with van der Waals surface area (Å²) in [7, 11) is 0. The van der Waals surface area contributed by atoms with Gasteiger partial charge in [0.2, 0.25) is 5.91 Å². The van der Waals surface area contributed by atoms with Gasteiger partial charge < -0.3 is 5.32 Å². The molecule has 0 unspecified atom stereocenters. The largest absolute Gasteiger partial charge is 0.356 e. The molecule has 1 heterocycles. The zero-order valence-electron chi connectivity index (χ0n) is 13.6. The quantitative estimate of drug-likeness (QED) is 0.531. The summed E-state index contributed by atoms with van der Waals surface area (Å²) < 4.78 is 1.77. The predicted octanol–water partition coefficient (Wildman–Crippen LogP) is 3.30. The van der Waals surface area contributed by atoms with Crippen molar-refractivity contribution in [1.82, 2.24) is 15.5 Å². The minimum absolute atomic E-state index is 0.0315. The lowest BCUT2D eigenvalue weighted by Crippen LogP contribution is -2.22. The number of nitrogens with one attached hydrogen (secondary N) is 1. The molecule has 0 saturated heterocycles. The van der Waals surface area contributed by atoms with E-state index < -0.39 is 0 Å². The lowest BCUT2D eigenvalue weighted by molar-refractivity contribution is -0.118. The van der Waals surface area contributed by atoms with Gasteiger partial charge in [-0.15, -0.1) is 10.2 Å². The third kappa shape index (κ3) is 6.26. The number of Topliss-reactive ketones (excluding diaryl/α,β-unsaturated/α-hetero) is 1. The van der Waals surface area contributed by atoms with Crippen molar-refractivity contribution in [3.8, 4) is 0 Å². The SMILES string of the molecule is CCSc1nnc(SCC(=O)c2ccc(CCNC(C)=O)cc2)s1. The zero-order valence-corrected chi connectivity index (χ0v) is 16.0. The molecule has 128 valence electrons. The number of rotatable bonds is 9. The van der Waals surface area contributed by atoms with Crippen molar-refractivity contribution >= 4 is 46.6 Å². The molecule has 5 nitrogen and oxygen atoms in total. The van der Waals surface area contributed by atoms with Gasteiger partial charge >= 0.3 is 0 Å². The highest BCUT2D eigenvalue weighted by molar-refractivity contribution is 8.03. The van der Waals surface area contributed by atoms with Gasteiger partial charge in [-0.2, -0.15) is 0 Å². The Bertz CT molecular complexity index is 686. The van der Waals surface area contributed by atoms with Gasteiger partial charge in [0.15, 0.2) is 14.5 Å². The summed E-state index contributed by atoms with van der Waals surface area (Å²) in [6, 6.07) is 7.54. The normalized spacial score (nSPS) is 10.6. The number of amides is 1. The molecule has 24 heavy (non-hydrogen) atoms. The summed E-state index contributed by atoms with van der Waals surface area (Å²) >= 11 is 4.61. The maximum atomic E-state index is 12.2. The van der Waals surface area contributed by atoms with E-state index in [-0.39, 0.29) is 11.7 Å². The second kappa shape index (κ2) is 9.80. The summed E-state index contributed by atoms with van der Waals surface area (Å²) in [5.41, 5.74) is 1.79. The van der Waals surface area contributed by atoms with E-state index in [1.165, 1.54) is 30.0 Å². The Hall–Kier alpha value is -1.38. The van der Waals surface area contributed by atoms with Crippen LogP contribution in [-0.2, 0) is 11.2 Å². The fourth-order valence-corrected chi connectivity index (χ4v) is 4.70. The van der Waals surface area contributed by atoms with E-state index in [0.29, 0.717) is 17.9 Å². The molecule has 0 radical (unpaired) electrons. The molecule has 0 saturated carbocycles. The first kappa shape index (κ1) is 19.0. The fraction of sp³-hybridized carbons (Fsp3) is 0.375. The van der Waals surface area contributed by atoms with Crippen LogP contribution >= 0.6 is 34.9 Å². The number of nitrogens with zero attached hydrogens (tertiary/aromatic N) is 2. The number of carbonyl (C=O) groups is 2. The van der Waals surface area contributed by atoms with E-state index in [2.05, 4.69) is 22.4 Å². The average Bonchev–Trinajstić information content (AvgIpc) is 3.01. The molecule has 0 atom stereocenters. The van der Waals surface area contributed by atoms with Gasteiger partial charge in [-0.25, -0.2) is 0 Å². The molecule has 0 aliphatic carbocycles. The van der Waals surface area contributed by atoms with Crippen molar-refractivity contribution in [2.45, 2.75) is 28.9 Å². The van der Waals surface area contributed by atoms with E-state index in [1.54, 1.807) is 11.8 Å². The van der Waals surface area contributed by atoms with Crippen LogP contribution in [0.4, 0.5) is 0 Å². The Balaban J connectivity index is 1.82. The molecule has 0 fully saturated rings. The summed E-state index contributed by atoms with van der Waals surface area (Å²) in [6.45, 7) is 4.18. The van der Waals surface area contributed by atoms with Crippen LogP contribution in [0.25, 0.3) is 0 Å². The van der Waals surface area contributed by atoms with Crippen LogP contribution < -0.4 is 5.32 Å². The Morgan fingerprint density at radius 3 is 2.42 bits per heavy atom. The van der Waals surface area contributed by atoms with E-state index in [0.717, 1.165) is 26.4 Å². The number of ketones is 1. The van der Waals surface area contributed by atoms with E-state index in [1.807, 2.05) is 24.3 Å². The fourth-order valence-electron chi connectivity index (χ4n) is 1.89. The molecule has 2 rings (SSSR count). The Kier molecular flexibility index (Phi) is 7.74. The molecule has 0 aliphatic heterocycles. The molecule has 0 aliphatic rings. The van der Waals surface area contributed by atoms with Crippen LogP contribution in [0.2, 0.25) is 0 Å². The lowest BCUT2D eigenvalue weighted by Gasteiger charge is -2.04. The number of aromatic nitrogens is 2. The molecule has 0 bridgehead atoms. The molecule has 1 aromatic carbocycles. The Labute approximate surface area is 154 Å². The number of thioether (sulfide) groups is 2. The molecular weight excluding hydrogens is 362 g/mol. The van der Waals surface area contributed by atoms with Crippen LogP contribution in [0, 0.1) is 0 Å². The van der Waals surface area contributed by atoms with Crippen molar-refractivity contribution in [1.29, 1.82) is 0 Å². The molecule has 2 aromatic rings. The summed E-state index contributed by atoms with van der Waals surface area (Å²) in [4.78, 5) is 23.1. The minimum Gasteiger partial charge on any atom is -0.356 e. The van der Waals surface area contributed by atoms with Crippen molar-refractivity contribution in [2.75, 3.05) is 18.1 Å². The smallest absolute Gasteiger partial charge is 0.216 e. The summed E-state index contributed by atoms with van der Waals surface area (Å²) in [5.74, 6) is 1.37. The van der Waals surface area contributed by atoms with Crippen LogP contribution in [0.3, 0.4) is 0 Å². The van der Waals surface area contributed by atoms with Crippen LogP contribution in [-0.4, -0.2) is 39.9 Å². The highest BCUT2D eigenvalue weighted by Gasteiger charge is 2.10. The van der Waals surface area contributed by atoms with Crippen molar-refractivity contribution < 1.29 is 9.59 Å². The average molecular weight is 382 g/mol. The lowest BCUT2D eigenvalue weighted by atomic mass is 10.1. The maximum Gasteiger partial charge on any atom is 0.216 e. The molecule has 1 aromatic heterocycles. The predicted molar refractivity (Wildman–Crippen MR) is 100 cm³/mol. The first-order valence-corrected chi connectivity index (χ1v) is 10.3. The van der Waals surface area contributed by atoms with Gasteiger partial charge in [0.25, 0.3) is 0 Å². The van der Waals surface area contributed by atoms with Gasteiger partial charge in [-0.1, -0.05) is 66.0 Å². The van der Waals surface area contributed by atoms with E-state index >= 15 is 0 Å². The second-order valence-electron chi connectivity index (χ2n) is 4.91. The van der Waals surface area contributed by atoms with Crippen molar-refractivity contribution in [2.24, 2.45) is 0 Å². The molecular formula is C16H19N3O2S3. The van der Waals surface area contributed by atoms with Gasteiger partial charge in [-0.05, 0) is 17.7 Å². The molecule has 1 N–H and O–H groups in total.